The number of carbonyl (C=O) groups excluding carboxylic acids is 1. The number of benzene rings is 1. The average molecular weight is 149 g/mol. The molecular weight excluding hydrogens is 140 g/mol. The van der Waals surface area contributed by atoms with E-state index in [1.807, 2.05) is 18.2 Å². The number of nitrogens with two attached hydrogens (primary N) is 1. The molecule has 1 aromatic carbocycles. The molecule has 0 spiro atoms. The van der Waals surface area contributed by atoms with Crippen LogP contribution in [0.5, 0.6) is 0 Å². The van der Waals surface area contributed by atoms with Crippen molar-refractivity contribution in [2.75, 3.05) is 6.54 Å². The third-order valence-corrected chi connectivity index (χ3v) is 1.18. The molecule has 3 nitrogen and oxygen atoms in total. The zero-order chi connectivity index (χ0) is 8.10. The molecule has 0 unspecified atom stereocenters. The van der Waals surface area contributed by atoms with E-state index in [0.29, 0.717) is 5.69 Å². The lowest BCUT2D eigenvalue weighted by Gasteiger charge is -1.96. The van der Waals surface area contributed by atoms with Crippen molar-refractivity contribution < 1.29 is 4.79 Å². The van der Waals surface area contributed by atoms with Crippen LogP contribution >= 0.6 is 0 Å². The second-order valence-electron chi connectivity index (χ2n) is 2.05. The van der Waals surface area contributed by atoms with Crippen molar-refractivity contribution in [2.24, 2.45) is 5.73 Å². The normalized spacial score (nSPS) is 9.18. The van der Waals surface area contributed by atoms with Gasteiger partial charge in [0.2, 0.25) is 0 Å². The lowest BCUT2D eigenvalue weighted by molar-refractivity contribution is -0.118. The number of rotatable bonds is 2. The fourth-order valence-electron chi connectivity index (χ4n) is 0.692. The number of para-hydroxylation sites is 1. The van der Waals surface area contributed by atoms with Crippen molar-refractivity contribution in [3.63, 3.8) is 0 Å². The van der Waals surface area contributed by atoms with Gasteiger partial charge in [0.15, 0.2) is 0 Å². The van der Waals surface area contributed by atoms with Gasteiger partial charge in [-0.2, -0.15) is 0 Å². The maximum atomic E-state index is 10.7. The summed E-state index contributed by atoms with van der Waals surface area (Å²) in [7, 11) is 0. The van der Waals surface area contributed by atoms with Gasteiger partial charge in [-0.1, -0.05) is 18.2 Å². The van der Waals surface area contributed by atoms with E-state index in [4.69, 9.17) is 5.73 Å². The third-order valence-electron chi connectivity index (χ3n) is 1.18. The van der Waals surface area contributed by atoms with E-state index < -0.39 is 0 Å². The van der Waals surface area contributed by atoms with Crippen LogP contribution < -0.4 is 11.1 Å². The Balaban J connectivity index is 2.58. The van der Waals surface area contributed by atoms with Crippen molar-refractivity contribution in [2.45, 2.75) is 0 Å². The SMILES string of the molecule is NCC(=O)[N]c1ccccc1. The van der Waals surface area contributed by atoms with Gasteiger partial charge in [-0.15, -0.1) is 0 Å². The molecular formula is C8H9N2O. The summed E-state index contributed by atoms with van der Waals surface area (Å²) in [6.07, 6.45) is 0. The Kier molecular flexibility index (Phi) is 2.63. The largest absolute Gasteiger partial charge is 0.322 e. The van der Waals surface area contributed by atoms with Gasteiger partial charge in [0.25, 0.3) is 5.91 Å². The van der Waals surface area contributed by atoms with Gasteiger partial charge < -0.3 is 5.73 Å². The fraction of sp³-hybridized carbons (Fsp3) is 0.125. The minimum absolute atomic E-state index is 0.0328. The zero-order valence-electron chi connectivity index (χ0n) is 6.03. The summed E-state index contributed by atoms with van der Waals surface area (Å²) >= 11 is 0. The lowest BCUT2D eigenvalue weighted by atomic mass is 10.3. The smallest absolute Gasteiger partial charge is 0.259 e. The summed E-state index contributed by atoms with van der Waals surface area (Å²) in [4.78, 5) is 10.7. The molecule has 1 radical (unpaired) electrons. The van der Waals surface area contributed by atoms with E-state index in [-0.39, 0.29) is 12.5 Å². The van der Waals surface area contributed by atoms with Gasteiger partial charge in [0.05, 0.1) is 12.2 Å². The van der Waals surface area contributed by atoms with Crippen LogP contribution in [0.25, 0.3) is 0 Å². The minimum atomic E-state index is -0.295. The number of hydrogen-bond donors (Lipinski definition) is 1. The Labute approximate surface area is 65.2 Å². The first-order valence-electron chi connectivity index (χ1n) is 3.32. The van der Waals surface area contributed by atoms with E-state index in [2.05, 4.69) is 5.32 Å². The highest BCUT2D eigenvalue weighted by atomic mass is 16.1. The molecule has 0 aliphatic heterocycles. The van der Waals surface area contributed by atoms with Gasteiger partial charge >= 0.3 is 0 Å². The molecule has 0 bridgehead atoms. The van der Waals surface area contributed by atoms with Crippen LogP contribution in [0.15, 0.2) is 30.3 Å². The monoisotopic (exact) mass is 149 g/mol. The fourth-order valence-corrected chi connectivity index (χ4v) is 0.692. The molecule has 0 aliphatic carbocycles. The molecule has 0 saturated heterocycles. The van der Waals surface area contributed by atoms with Crippen molar-refractivity contribution >= 4 is 11.6 Å². The molecule has 3 heteroatoms. The Morgan fingerprint density at radius 2 is 2.00 bits per heavy atom. The van der Waals surface area contributed by atoms with Gasteiger partial charge in [-0.3, -0.25) is 4.79 Å². The maximum Gasteiger partial charge on any atom is 0.259 e. The summed E-state index contributed by atoms with van der Waals surface area (Å²) < 4.78 is 0. The molecule has 0 fully saturated rings. The molecule has 0 saturated carbocycles. The van der Waals surface area contributed by atoms with Crippen LogP contribution in [0.1, 0.15) is 0 Å². The molecule has 2 N–H and O–H groups in total. The van der Waals surface area contributed by atoms with E-state index in [1.54, 1.807) is 12.1 Å². The molecule has 0 atom stereocenters. The summed E-state index contributed by atoms with van der Waals surface area (Å²) in [6, 6.07) is 9.03. The second-order valence-corrected chi connectivity index (χ2v) is 2.05. The van der Waals surface area contributed by atoms with Gasteiger partial charge in [0, 0.05) is 0 Å². The first-order valence-corrected chi connectivity index (χ1v) is 3.32. The highest BCUT2D eigenvalue weighted by Gasteiger charge is 1.98. The minimum Gasteiger partial charge on any atom is -0.322 e. The predicted molar refractivity (Wildman–Crippen MR) is 42.3 cm³/mol. The molecule has 57 valence electrons. The van der Waals surface area contributed by atoms with Crippen molar-refractivity contribution in [3.8, 4) is 0 Å². The van der Waals surface area contributed by atoms with E-state index in [9.17, 15) is 4.79 Å². The van der Waals surface area contributed by atoms with Gasteiger partial charge in [-0.05, 0) is 12.1 Å². The maximum absolute atomic E-state index is 10.7. The van der Waals surface area contributed by atoms with E-state index >= 15 is 0 Å². The first-order chi connectivity index (χ1) is 5.33. The molecule has 0 aromatic heterocycles. The van der Waals surface area contributed by atoms with Crippen LogP contribution in [0.3, 0.4) is 0 Å². The van der Waals surface area contributed by atoms with Crippen molar-refractivity contribution in [3.05, 3.63) is 30.3 Å². The van der Waals surface area contributed by atoms with Crippen molar-refractivity contribution in [1.82, 2.24) is 5.32 Å². The number of amides is 1. The standard InChI is InChI=1S/C8H9N2O/c9-6-8(11)10-7-4-2-1-3-5-7/h1-5H,6,9H2. The summed E-state index contributed by atoms with van der Waals surface area (Å²) in [5, 5.41) is 3.71. The van der Waals surface area contributed by atoms with Gasteiger partial charge in [0.1, 0.15) is 0 Å². The Morgan fingerprint density at radius 3 is 2.55 bits per heavy atom. The number of carbonyl (C=O) groups is 1. The Morgan fingerprint density at radius 1 is 1.36 bits per heavy atom. The molecule has 1 rings (SSSR count). The van der Waals surface area contributed by atoms with Crippen LogP contribution in [0, 0.1) is 0 Å². The second kappa shape index (κ2) is 3.73. The van der Waals surface area contributed by atoms with Crippen LogP contribution in [-0.4, -0.2) is 12.5 Å². The summed E-state index contributed by atoms with van der Waals surface area (Å²) in [5.74, 6) is -0.295. The third kappa shape index (κ3) is 2.39. The molecule has 1 amide bonds. The lowest BCUT2D eigenvalue weighted by Crippen LogP contribution is -2.20. The van der Waals surface area contributed by atoms with Crippen LogP contribution in [0.4, 0.5) is 5.69 Å². The van der Waals surface area contributed by atoms with Crippen LogP contribution in [-0.2, 0) is 4.79 Å². The van der Waals surface area contributed by atoms with Crippen LogP contribution in [0.2, 0.25) is 0 Å². The Hall–Kier alpha value is -1.35. The molecule has 0 aliphatic rings. The summed E-state index contributed by atoms with van der Waals surface area (Å²) in [5.41, 5.74) is 5.73. The summed E-state index contributed by atoms with van der Waals surface area (Å²) in [6.45, 7) is -0.0328. The first kappa shape index (κ1) is 7.75. The predicted octanol–water partition coefficient (Wildman–Crippen LogP) is 0.408. The van der Waals surface area contributed by atoms with E-state index in [1.165, 1.54) is 0 Å². The highest BCUT2D eigenvalue weighted by Crippen LogP contribution is 2.03. The number of hydrogen-bond acceptors (Lipinski definition) is 2. The molecule has 11 heavy (non-hydrogen) atoms. The Bertz CT molecular complexity index is 233. The van der Waals surface area contributed by atoms with Gasteiger partial charge in [-0.25, -0.2) is 5.32 Å². The topological polar surface area (TPSA) is 57.2 Å². The van der Waals surface area contributed by atoms with Crippen molar-refractivity contribution in [1.29, 1.82) is 0 Å². The molecule has 1 aromatic rings. The average Bonchev–Trinajstić information content (AvgIpc) is 2.06. The molecule has 0 heterocycles. The van der Waals surface area contributed by atoms with E-state index in [0.717, 1.165) is 0 Å². The quantitative estimate of drug-likeness (QED) is 0.662. The zero-order valence-corrected chi connectivity index (χ0v) is 6.03. The highest BCUT2D eigenvalue weighted by molar-refractivity contribution is 5.81. The number of nitrogens with zero attached hydrogens (tertiary/aromatic N) is 1.